The number of aliphatic imine (C=N–C) groups is 1. The first-order chi connectivity index (χ1) is 13.4. The summed E-state index contributed by atoms with van der Waals surface area (Å²) in [5.74, 6) is 0. The number of hydrogen-bond donors (Lipinski definition) is 3. The Morgan fingerprint density at radius 3 is 1.79 bits per heavy atom. The molecule has 1 heterocycles. The van der Waals surface area contributed by atoms with Gasteiger partial charge in [0.05, 0.1) is 12.9 Å². The zero-order valence-corrected chi connectivity index (χ0v) is 18.0. The molecule has 1 aliphatic rings. The van der Waals surface area contributed by atoms with Gasteiger partial charge < -0.3 is 5.32 Å². The maximum Gasteiger partial charge on any atom is 0.394 e. The van der Waals surface area contributed by atoms with E-state index in [1.165, 1.54) is 76.2 Å². The van der Waals surface area contributed by atoms with Crippen molar-refractivity contribution in [2.24, 2.45) is 4.99 Å². The van der Waals surface area contributed by atoms with Crippen LogP contribution in [0.15, 0.2) is 35.3 Å². The first kappa shape index (κ1) is 26.6. The predicted octanol–water partition coefficient (Wildman–Crippen LogP) is 5.12. The summed E-state index contributed by atoms with van der Waals surface area (Å²) in [6.07, 6.45) is 17.2. The van der Waals surface area contributed by atoms with Gasteiger partial charge in [-0.2, -0.15) is 8.42 Å². The van der Waals surface area contributed by atoms with Gasteiger partial charge in [0.25, 0.3) is 0 Å². The average Bonchev–Trinajstić information content (AvgIpc) is 3.23. The molecule has 28 heavy (non-hydrogen) atoms. The number of unbranched alkanes of at least 4 members (excludes halogenated alkanes) is 9. The summed E-state index contributed by atoms with van der Waals surface area (Å²) >= 11 is 0. The van der Waals surface area contributed by atoms with E-state index < -0.39 is 10.4 Å². The smallest absolute Gasteiger partial charge is 0.375 e. The Morgan fingerprint density at radius 2 is 1.39 bits per heavy atom. The maximum atomic E-state index is 8.74. The minimum atomic E-state index is -4.67. The summed E-state index contributed by atoms with van der Waals surface area (Å²) in [4.78, 5) is 3.85. The fourth-order valence-electron chi connectivity index (χ4n) is 2.78. The van der Waals surface area contributed by atoms with Crippen LogP contribution in [0.3, 0.4) is 0 Å². The first-order valence-corrected chi connectivity index (χ1v) is 11.8. The van der Waals surface area contributed by atoms with Crippen molar-refractivity contribution >= 4 is 16.7 Å². The van der Waals surface area contributed by atoms with Crippen LogP contribution in [0.2, 0.25) is 0 Å². The highest BCUT2D eigenvalue weighted by atomic mass is 32.3. The SMILES string of the molecule is C1=NCCN1.CCCCCCCCCCCCc1ccccc1.O=S(=O)(O)O. The van der Waals surface area contributed by atoms with Gasteiger partial charge in [-0.25, -0.2) is 0 Å². The second kappa shape index (κ2) is 18.9. The second-order valence-electron chi connectivity index (χ2n) is 6.85. The molecule has 0 radical (unpaired) electrons. The Morgan fingerprint density at radius 1 is 0.893 bits per heavy atom. The zero-order valence-electron chi connectivity index (χ0n) is 17.2. The van der Waals surface area contributed by atoms with E-state index in [2.05, 4.69) is 47.6 Å². The van der Waals surface area contributed by atoms with Crippen LogP contribution >= 0.6 is 0 Å². The molecule has 0 aromatic heterocycles. The lowest BCUT2D eigenvalue weighted by Crippen LogP contribution is -2.04. The van der Waals surface area contributed by atoms with Crippen molar-refractivity contribution in [3.63, 3.8) is 0 Å². The molecule has 3 N–H and O–H groups in total. The number of nitrogens with one attached hydrogen (secondary N) is 1. The molecule has 0 saturated heterocycles. The van der Waals surface area contributed by atoms with E-state index in [1.807, 2.05) is 0 Å². The molecule has 1 aromatic rings. The molecule has 162 valence electrons. The van der Waals surface area contributed by atoms with Crippen molar-refractivity contribution < 1.29 is 17.5 Å². The van der Waals surface area contributed by atoms with Gasteiger partial charge >= 0.3 is 10.4 Å². The Hall–Kier alpha value is -1.44. The molecule has 1 aliphatic heterocycles. The zero-order chi connectivity index (χ0) is 20.9. The lowest BCUT2D eigenvalue weighted by molar-refractivity contribution is 0.381. The summed E-state index contributed by atoms with van der Waals surface area (Å²) in [6, 6.07) is 10.9. The Bertz CT molecular complexity index is 563. The number of rotatable bonds is 11. The quantitative estimate of drug-likeness (QED) is 0.345. The highest BCUT2D eigenvalue weighted by Gasteiger charge is 1.94. The van der Waals surface area contributed by atoms with E-state index in [-0.39, 0.29) is 0 Å². The van der Waals surface area contributed by atoms with Gasteiger partial charge in [-0.15, -0.1) is 0 Å². The number of aryl methyl sites for hydroxylation is 1. The molecule has 0 saturated carbocycles. The van der Waals surface area contributed by atoms with Crippen LogP contribution in [0.5, 0.6) is 0 Å². The van der Waals surface area contributed by atoms with Gasteiger partial charge in [0.2, 0.25) is 0 Å². The predicted molar refractivity (Wildman–Crippen MR) is 118 cm³/mol. The first-order valence-electron chi connectivity index (χ1n) is 10.4. The van der Waals surface area contributed by atoms with E-state index >= 15 is 0 Å². The van der Waals surface area contributed by atoms with Crippen molar-refractivity contribution in [3.05, 3.63) is 35.9 Å². The van der Waals surface area contributed by atoms with Crippen LogP contribution in [0, 0.1) is 0 Å². The van der Waals surface area contributed by atoms with Gasteiger partial charge in [-0.3, -0.25) is 14.1 Å². The van der Waals surface area contributed by atoms with Crippen LogP contribution in [-0.2, 0) is 16.8 Å². The van der Waals surface area contributed by atoms with Crippen LogP contribution in [0.1, 0.15) is 76.7 Å². The lowest BCUT2D eigenvalue weighted by atomic mass is 10.0. The third-order valence-corrected chi connectivity index (χ3v) is 4.23. The van der Waals surface area contributed by atoms with Crippen molar-refractivity contribution in [2.75, 3.05) is 13.1 Å². The van der Waals surface area contributed by atoms with Crippen LogP contribution in [0.4, 0.5) is 0 Å². The molecule has 0 amide bonds. The van der Waals surface area contributed by atoms with Crippen molar-refractivity contribution in [1.82, 2.24) is 5.32 Å². The molecular weight excluding hydrogens is 376 g/mol. The third kappa shape index (κ3) is 24.6. The minimum absolute atomic E-state index is 0.958. The van der Waals surface area contributed by atoms with Gasteiger partial charge in [0, 0.05) is 6.54 Å². The molecule has 0 atom stereocenters. The summed E-state index contributed by atoms with van der Waals surface area (Å²) in [5, 5.41) is 2.93. The van der Waals surface area contributed by atoms with Crippen molar-refractivity contribution in [3.8, 4) is 0 Å². The summed E-state index contributed by atoms with van der Waals surface area (Å²) < 4.78 is 31.6. The van der Waals surface area contributed by atoms with Gasteiger partial charge in [-0.05, 0) is 18.4 Å². The number of benzene rings is 1. The van der Waals surface area contributed by atoms with Crippen LogP contribution < -0.4 is 5.32 Å². The molecule has 6 nitrogen and oxygen atoms in total. The molecule has 0 aliphatic carbocycles. The van der Waals surface area contributed by atoms with Crippen molar-refractivity contribution in [1.29, 1.82) is 0 Å². The van der Waals surface area contributed by atoms with Gasteiger partial charge in [0.15, 0.2) is 0 Å². The molecule has 0 fully saturated rings. The molecule has 0 spiro atoms. The summed E-state index contributed by atoms with van der Waals surface area (Å²) in [5.41, 5.74) is 1.50. The summed E-state index contributed by atoms with van der Waals surface area (Å²) in [6.45, 7) is 4.27. The van der Waals surface area contributed by atoms with Crippen LogP contribution in [0.25, 0.3) is 0 Å². The minimum Gasteiger partial charge on any atom is -0.375 e. The summed E-state index contributed by atoms with van der Waals surface area (Å²) in [7, 11) is -4.67. The molecule has 7 heteroatoms. The van der Waals surface area contributed by atoms with Crippen LogP contribution in [-0.4, -0.2) is 37.0 Å². The molecular formula is C21H38N2O4S. The highest BCUT2D eigenvalue weighted by Crippen LogP contribution is 2.12. The Labute approximate surface area is 171 Å². The third-order valence-electron chi connectivity index (χ3n) is 4.23. The van der Waals surface area contributed by atoms with E-state index in [0.29, 0.717) is 0 Å². The standard InChI is InChI=1S/C18H30.C3H6N2.H2O4S/c1-2-3-4-5-6-7-8-9-10-12-15-18-16-13-11-14-17-18;1-2-5-3-4-1;1-5(2,3)4/h11,13-14,16-17H,2-10,12,15H2,1H3;3H,1-2H2,(H,4,5);(H2,1,2,3,4). The Kier molecular flexibility index (Phi) is 17.9. The lowest BCUT2D eigenvalue weighted by Gasteiger charge is -2.03. The van der Waals surface area contributed by atoms with E-state index in [1.54, 1.807) is 6.34 Å². The number of nitrogens with zero attached hydrogens (tertiary/aromatic N) is 1. The monoisotopic (exact) mass is 414 g/mol. The molecule has 2 rings (SSSR count). The molecule has 0 bridgehead atoms. The Balaban J connectivity index is 0.000000592. The molecule has 0 unspecified atom stereocenters. The van der Waals surface area contributed by atoms with Gasteiger partial charge in [0.1, 0.15) is 0 Å². The second-order valence-corrected chi connectivity index (χ2v) is 7.75. The largest absolute Gasteiger partial charge is 0.394 e. The maximum absolute atomic E-state index is 8.74. The van der Waals surface area contributed by atoms with Crippen molar-refractivity contribution in [2.45, 2.75) is 77.6 Å². The number of hydrogen-bond acceptors (Lipinski definition) is 4. The van der Waals surface area contributed by atoms with Gasteiger partial charge in [-0.1, -0.05) is 95.0 Å². The highest BCUT2D eigenvalue weighted by molar-refractivity contribution is 7.79. The fraction of sp³-hybridized carbons (Fsp3) is 0.667. The fourth-order valence-corrected chi connectivity index (χ4v) is 2.78. The van der Waals surface area contributed by atoms with E-state index in [4.69, 9.17) is 17.5 Å². The topological polar surface area (TPSA) is 99.0 Å². The normalized spacial score (nSPS) is 12.4. The molecule has 1 aromatic carbocycles. The van der Waals surface area contributed by atoms with E-state index in [9.17, 15) is 0 Å². The van der Waals surface area contributed by atoms with E-state index in [0.717, 1.165) is 13.1 Å². The average molecular weight is 415 g/mol.